The highest BCUT2D eigenvalue weighted by atomic mass is 16.7. The van der Waals surface area contributed by atoms with Crippen molar-refractivity contribution in [2.24, 2.45) is 11.8 Å². The number of piperidine rings is 1. The number of rotatable bonds is 29. The Hall–Kier alpha value is -2.51. The van der Waals surface area contributed by atoms with Crippen LogP contribution < -0.4 is 0 Å². The first-order valence-electron chi connectivity index (χ1n) is 18.5. The van der Waals surface area contributed by atoms with Crippen LogP contribution in [0.1, 0.15) is 111 Å². The minimum Gasteiger partial charge on any atom is -0.465 e. The van der Waals surface area contributed by atoms with Gasteiger partial charge in [0.2, 0.25) is 0 Å². The van der Waals surface area contributed by atoms with Gasteiger partial charge in [-0.3, -0.25) is 9.59 Å². The maximum absolute atomic E-state index is 12.4. The van der Waals surface area contributed by atoms with E-state index in [0.717, 1.165) is 58.2 Å². The number of nitrogens with zero attached hydrogens (tertiary/aromatic N) is 1. The number of carbonyl (C=O) groups is 3. The number of aliphatic hydroxyl groups excluding tert-OH is 2. The van der Waals surface area contributed by atoms with Gasteiger partial charge in [-0.05, 0) is 90.1 Å². The zero-order valence-electron chi connectivity index (χ0n) is 30.4. The van der Waals surface area contributed by atoms with Crippen LogP contribution >= 0.6 is 0 Å². The Morgan fingerprint density at radius 2 is 1.27 bits per heavy atom. The molecule has 0 aromatic heterocycles. The molecule has 1 rings (SSSR count). The number of unbranched alkanes of at least 4 members (excludes halogenated alkanes) is 2. The minimum absolute atomic E-state index is 0.0958. The summed E-state index contributed by atoms with van der Waals surface area (Å²) in [5.41, 5.74) is 0. The summed E-state index contributed by atoms with van der Waals surface area (Å²) in [4.78, 5) is 39.5. The highest BCUT2D eigenvalue weighted by Gasteiger charge is 2.22. The zero-order valence-corrected chi connectivity index (χ0v) is 30.4. The summed E-state index contributed by atoms with van der Waals surface area (Å²) in [6.07, 6.45) is 14.4. The number of aliphatic hydroxyl groups is 2. The standard InChI is InChI=1S/C37H65NO11/c1-4-7-9-15-24-44-33(39)19-11-13-21-35(41)46-28-32(30-49-37(43)48-27-31-18-17-23-38(6-3)26-31)29-47-36(42)22-14-12-20-34(40)45-25-16-10-8-5-2/h7-10,31-34,39-40H,4-6,11-30H2,1-3H3/b9-7-,10-8-. The minimum atomic E-state index is -0.873. The average molecular weight is 700 g/mol. The van der Waals surface area contributed by atoms with Crippen LogP contribution in [0.25, 0.3) is 0 Å². The second-order valence-corrected chi connectivity index (χ2v) is 12.5. The maximum Gasteiger partial charge on any atom is 0.508 e. The Balaban J connectivity index is 2.43. The van der Waals surface area contributed by atoms with E-state index >= 15 is 0 Å². The van der Waals surface area contributed by atoms with Crippen molar-refractivity contribution < 1.29 is 53.0 Å². The normalized spacial score (nSPS) is 17.2. The molecule has 1 aliphatic rings. The third-order valence-corrected chi connectivity index (χ3v) is 8.04. The number of allylic oxidation sites excluding steroid dienone is 2. The van der Waals surface area contributed by atoms with Crippen LogP contribution in [0.3, 0.4) is 0 Å². The van der Waals surface area contributed by atoms with Crippen LogP contribution in [0.4, 0.5) is 4.79 Å². The first kappa shape index (κ1) is 44.5. The van der Waals surface area contributed by atoms with Crippen molar-refractivity contribution in [3.05, 3.63) is 24.3 Å². The second kappa shape index (κ2) is 30.3. The number of hydrogen-bond donors (Lipinski definition) is 2. The van der Waals surface area contributed by atoms with Crippen molar-refractivity contribution in [2.45, 2.75) is 123 Å². The lowest BCUT2D eigenvalue weighted by atomic mass is 9.99. The van der Waals surface area contributed by atoms with Crippen molar-refractivity contribution in [2.75, 3.05) is 59.3 Å². The first-order valence-corrected chi connectivity index (χ1v) is 18.5. The largest absolute Gasteiger partial charge is 0.508 e. The maximum atomic E-state index is 12.4. The van der Waals surface area contributed by atoms with Crippen molar-refractivity contribution in [3.63, 3.8) is 0 Å². The summed E-state index contributed by atoms with van der Waals surface area (Å²) < 4.78 is 32.3. The molecule has 12 heteroatoms. The number of likely N-dealkylation sites (tertiary alicyclic amines) is 1. The van der Waals surface area contributed by atoms with Crippen molar-refractivity contribution in [3.8, 4) is 0 Å². The quantitative estimate of drug-likeness (QED) is 0.0306. The molecular weight excluding hydrogens is 634 g/mol. The van der Waals surface area contributed by atoms with Crippen LogP contribution in [0.5, 0.6) is 0 Å². The van der Waals surface area contributed by atoms with E-state index in [1.807, 2.05) is 24.3 Å². The van der Waals surface area contributed by atoms with Gasteiger partial charge < -0.3 is 43.5 Å². The molecule has 1 saturated heterocycles. The topological polar surface area (TPSA) is 150 Å². The molecule has 3 unspecified atom stereocenters. The molecular formula is C37H65NO11. The summed E-state index contributed by atoms with van der Waals surface area (Å²) >= 11 is 0. The van der Waals surface area contributed by atoms with E-state index in [4.69, 9.17) is 28.4 Å². The molecule has 12 nitrogen and oxygen atoms in total. The highest BCUT2D eigenvalue weighted by molar-refractivity contribution is 5.69. The SMILES string of the molecule is CC/C=C\CCOC(O)CCCCC(=O)OCC(COC(=O)CCCCC(O)OCC/C=C\CC)COC(=O)OCC1CCCN(CC)C1. The van der Waals surface area contributed by atoms with E-state index in [1.165, 1.54) is 0 Å². The Labute approximate surface area is 294 Å². The molecule has 1 aliphatic heterocycles. The van der Waals surface area contributed by atoms with Gasteiger partial charge in [0.25, 0.3) is 0 Å². The predicted octanol–water partition coefficient (Wildman–Crippen LogP) is 6.08. The molecule has 0 amide bonds. The molecule has 3 atom stereocenters. The van der Waals surface area contributed by atoms with Gasteiger partial charge in [-0.25, -0.2) is 4.79 Å². The van der Waals surface area contributed by atoms with Gasteiger partial charge in [0.15, 0.2) is 12.6 Å². The van der Waals surface area contributed by atoms with E-state index < -0.39 is 36.6 Å². The number of esters is 2. The molecule has 0 aromatic rings. The summed E-state index contributed by atoms with van der Waals surface area (Å²) in [5, 5.41) is 19.9. The fourth-order valence-corrected chi connectivity index (χ4v) is 5.15. The number of hydrogen-bond acceptors (Lipinski definition) is 12. The lowest BCUT2D eigenvalue weighted by molar-refractivity contribution is -0.150. The van der Waals surface area contributed by atoms with Gasteiger partial charge in [0.05, 0.1) is 25.7 Å². The Bertz CT molecular complexity index is 863. The number of ether oxygens (including phenoxy) is 6. The molecule has 49 heavy (non-hydrogen) atoms. The molecule has 0 aromatic carbocycles. The number of carbonyl (C=O) groups excluding carboxylic acids is 3. The fraction of sp³-hybridized carbons (Fsp3) is 0.811. The summed E-state index contributed by atoms with van der Waals surface area (Å²) in [6.45, 7) is 9.93. The fourth-order valence-electron chi connectivity index (χ4n) is 5.15. The molecule has 0 aliphatic carbocycles. The Morgan fingerprint density at radius 3 is 1.78 bits per heavy atom. The van der Waals surface area contributed by atoms with E-state index in [9.17, 15) is 24.6 Å². The third kappa shape index (κ3) is 26.0. The predicted molar refractivity (Wildman–Crippen MR) is 186 cm³/mol. The van der Waals surface area contributed by atoms with E-state index in [1.54, 1.807) is 0 Å². The van der Waals surface area contributed by atoms with Gasteiger partial charge in [-0.15, -0.1) is 0 Å². The first-order chi connectivity index (χ1) is 23.8. The van der Waals surface area contributed by atoms with Crippen LogP contribution in [-0.4, -0.2) is 105 Å². The molecule has 0 radical (unpaired) electrons. The summed E-state index contributed by atoms with van der Waals surface area (Å²) in [5.74, 6) is -1.18. The van der Waals surface area contributed by atoms with Crippen LogP contribution in [0.15, 0.2) is 24.3 Å². The lowest BCUT2D eigenvalue weighted by Gasteiger charge is -2.31. The van der Waals surface area contributed by atoms with Crippen LogP contribution in [-0.2, 0) is 38.0 Å². The van der Waals surface area contributed by atoms with E-state index in [-0.39, 0.29) is 45.2 Å². The third-order valence-electron chi connectivity index (χ3n) is 8.04. The van der Waals surface area contributed by atoms with Gasteiger partial charge in [-0.1, -0.05) is 45.1 Å². The summed E-state index contributed by atoms with van der Waals surface area (Å²) in [7, 11) is 0. The molecule has 0 bridgehead atoms. The molecule has 2 N–H and O–H groups in total. The second-order valence-electron chi connectivity index (χ2n) is 12.5. The summed E-state index contributed by atoms with van der Waals surface area (Å²) in [6, 6.07) is 0. The van der Waals surface area contributed by atoms with Gasteiger partial charge >= 0.3 is 18.1 Å². The van der Waals surface area contributed by atoms with Gasteiger partial charge in [0.1, 0.15) is 19.8 Å². The lowest BCUT2D eigenvalue weighted by Crippen LogP contribution is -2.37. The molecule has 0 spiro atoms. The van der Waals surface area contributed by atoms with Gasteiger partial charge in [-0.2, -0.15) is 0 Å². The Morgan fingerprint density at radius 1 is 0.735 bits per heavy atom. The van der Waals surface area contributed by atoms with Crippen molar-refractivity contribution in [1.82, 2.24) is 4.90 Å². The monoisotopic (exact) mass is 699 g/mol. The molecule has 1 fully saturated rings. The Kier molecular flexibility index (Phi) is 27.5. The van der Waals surface area contributed by atoms with Crippen molar-refractivity contribution >= 4 is 18.1 Å². The van der Waals surface area contributed by atoms with E-state index in [2.05, 4.69) is 25.7 Å². The smallest absolute Gasteiger partial charge is 0.465 e. The van der Waals surface area contributed by atoms with E-state index in [0.29, 0.717) is 51.7 Å². The molecule has 284 valence electrons. The van der Waals surface area contributed by atoms with Gasteiger partial charge in [0, 0.05) is 25.3 Å². The highest BCUT2D eigenvalue weighted by Crippen LogP contribution is 2.17. The molecule has 1 heterocycles. The average Bonchev–Trinajstić information content (AvgIpc) is 3.10. The molecule has 0 saturated carbocycles. The van der Waals surface area contributed by atoms with Crippen LogP contribution in [0.2, 0.25) is 0 Å². The zero-order chi connectivity index (χ0) is 36.0. The van der Waals surface area contributed by atoms with Crippen molar-refractivity contribution in [1.29, 1.82) is 0 Å². The van der Waals surface area contributed by atoms with Crippen LogP contribution in [0, 0.1) is 11.8 Å².